The number of thiophene rings is 1. The van der Waals surface area contributed by atoms with Crippen molar-refractivity contribution in [2.24, 2.45) is 11.3 Å². The van der Waals surface area contributed by atoms with Crippen molar-refractivity contribution in [3.8, 4) is 0 Å². The minimum Gasteiger partial charge on any atom is -0.481 e. The van der Waals surface area contributed by atoms with Gasteiger partial charge in [0.15, 0.2) is 0 Å². The van der Waals surface area contributed by atoms with Gasteiger partial charge < -0.3 is 9.84 Å². The summed E-state index contributed by atoms with van der Waals surface area (Å²) in [4.78, 5) is 19.6. The maximum Gasteiger partial charge on any atom is 0.308 e. The van der Waals surface area contributed by atoms with Crippen molar-refractivity contribution in [1.82, 2.24) is 9.80 Å². The maximum atomic E-state index is 11.8. The molecule has 3 fully saturated rings. The van der Waals surface area contributed by atoms with E-state index in [1.807, 2.05) is 11.3 Å². The molecule has 3 saturated heterocycles. The summed E-state index contributed by atoms with van der Waals surface area (Å²) in [6, 6.07) is 4.51. The average molecular weight is 379 g/mol. The third kappa shape index (κ3) is 3.98. The van der Waals surface area contributed by atoms with Crippen LogP contribution in [0.15, 0.2) is 12.1 Å². The number of ether oxygens (including phenoxy) is 1. The molecule has 0 amide bonds. The fourth-order valence-corrected chi connectivity index (χ4v) is 6.07. The Kier molecular flexibility index (Phi) is 5.64. The monoisotopic (exact) mass is 378 g/mol. The van der Waals surface area contributed by atoms with Crippen molar-refractivity contribution >= 4 is 17.3 Å². The lowest BCUT2D eigenvalue weighted by atomic mass is 9.72. The quantitative estimate of drug-likeness (QED) is 0.853. The lowest BCUT2D eigenvalue weighted by molar-refractivity contribution is -0.146. The molecule has 0 saturated carbocycles. The van der Waals surface area contributed by atoms with E-state index in [2.05, 4.69) is 21.9 Å². The molecule has 1 aromatic heterocycles. The van der Waals surface area contributed by atoms with Crippen molar-refractivity contribution in [1.29, 1.82) is 0 Å². The Labute approximate surface area is 159 Å². The first-order valence-electron chi connectivity index (χ1n) is 9.97. The minimum absolute atomic E-state index is 0.0853. The molecule has 4 heterocycles. The van der Waals surface area contributed by atoms with Gasteiger partial charge in [0, 0.05) is 54.6 Å². The van der Waals surface area contributed by atoms with Gasteiger partial charge in [0.05, 0.1) is 5.92 Å². The van der Waals surface area contributed by atoms with Crippen molar-refractivity contribution in [2.45, 2.75) is 45.2 Å². The summed E-state index contributed by atoms with van der Waals surface area (Å²) in [5.41, 5.74) is -0.0853. The van der Waals surface area contributed by atoms with Gasteiger partial charge in [-0.2, -0.15) is 0 Å². The molecular weight excluding hydrogens is 348 g/mol. The van der Waals surface area contributed by atoms with E-state index in [1.54, 1.807) is 0 Å². The van der Waals surface area contributed by atoms with Gasteiger partial charge in [-0.3, -0.25) is 14.6 Å². The van der Waals surface area contributed by atoms with Crippen LogP contribution in [0.25, 0.3) is 0 Å². The van der Waals surface area contributed by atoms with Gasteiger partial charge in [0.1, 0.15) is 0 Å². The number of nitrogens with zero attached hydrogens (tertiary/aromatic N) is 2. The highest BCUT2D eigenvalue weighted by Gasteiger charge is 2.50. The van der Waals surface area contributed by atoms with Crippen LogP contribution in [0.4, 0.5) is 0 Å². The highest BCUT2D eigenvalue weighted by Crippen LogP contribution is 2.45. The fourth-order valence-electron chi connectivity index (χ4n) is 4.97. The summed E-state index contributed by atoms with van der Waals surface area (Å²) in [5.74, 6) is -0.884. The third-order valence-corrected chi connectivity index (χ3v) is 7.48. The molecule has 3 aliphatic heterocycles. The third-order valence-electron chi connectivity index (χ3n) is 6.43. The van der Waals surface area contributed by atoms with Gasteiger partial charge in [-0.25, -0.2) is 0 Å². The molecule has 1 N–H and O–H groups in total. The predicted octanol–water partition coefficient (Wildman–Crippen LogP) is 3.05. The zero-order valence-corrected chi connectivity index (χ0v) is 16.3. The molecular formula is C20H30N2O3S. The van der Waals surface area contributed by atoms with Crippen LogP contribution in [0.2, 0.25) is 0 Å². The number of aliphatic carboxylic acids is 1. The smallest absolute Gasteiger partial charge is 0.308 e. The molecule has 1 unspecified atom stereocenters. The number of rotatable bonds is 5. The molecule has 0 radical (unpaired) electrons. The van der Waals surface area contributed by atoms with Crippen LogP contribution in [0.1, 0.15) is 41.9 Å². The van der Waals surface area contributed by atoms with Crippen LogP contribution < -0.4 is 0 Å². The van der Waals surface area contributed by atoms with E-state index in [0.29, 0.717) is 19.8 Å². The zero-order valence-electron chi connectivity index (χ0n) is 15.5. The van der Waals surface area contributed by atoms with Crippen molar-refractivity contribution < 1.29 is 14.6 Å². The molecule has 0 bridgehead atoms. The number of likely N-dealkylation sites (tertiary alicyclic amines) is 2. The molecule has 1 aromatic rings. The number of hydrogen-bond acceptors (Lipinski definition) is 5. The Morgan fingerprint density at radius 2 is 1.77 bits per heavy atom. The molecule has 144 valence electrons. The standard InChI is InChI=1S/C20H30N2O3S/c23-19(24)18-14-22(15-20(18)6-10-25-11-7-20)13-17-5-4-16(26-17)12-21-8-2-1-3-9-21/h4-5,18H,1-3,6-15H2,(H,23,24). The largest absolute Gasteiger partial charge is 0.481 e. The minimum atomic E-state index is -0.633. The van der Waals surface area contributed by atoms with Gasteiger partial charge in [0.2, 0.25) is 0 Å². The Balaban J connectivity index is 1.37. The van der Waals surface area contributed by atoms with Gasteiger partial charge in [-0.05, 0) is 50.9 Å². The molecule has 1 spiro atoms. The molecule has 3 aliphatic rings. The zero-order chi connectivity index (χ0) is 18.0. The maximum absolute atomic E-state index is 11.8. The molecule has 0 aliphatic carbocycles. The molecule has 0 aromatic carbocycles. The topological polar surface area (TPSA) is 53.0 Å². The van der Waals surface area contributed by atoms with Crippen LogP contribution in [0.5, 0.6) is 0 Å². The van der Waals surface area contributed by atoms with Crippen LogP contribution in [-0.2, 0) is 22.6 Å². The van der Waals surface area contributed by atoms with Crippen molar-refractivity contribution in [3.05, 3.63) is 21.9 Å². The van der Waals surface area contributed by atoms with E-state index >= 15 is 0 Å². The van der Waals surface area contributed by atoms with E-state index in [-0.39, 0.29) is 11.3 Å². The van der Waals surface area contributed by atoms with Gasteiger partial charge >= 0.3 is 5.97 Å². The predicted molar refractivity (Wildman–Crippen MR) is 102 cm³/mol. The number of hydrogen-bond donors (Lipinski definition) is 1. The van der Waals surface area contributed by atoms with Gasteiger partial charge in [0.25, 0.3) is 0 Å². The van der Waals surface area contributed by atoms with E-state index in [4.69, 9.17) is 4.74 Å². The summed E-state index contributed by atoms with van der Waals surface area (Å²) in [6.45, 7) is 7.39. The van der Waals surface area contributed by atoms with Crippen LogP contribution >= 0.6 is 11.3 Å². The number of carbonyl (C=O) groups is 1. The first kappa shape index (κ1) is 18.4. The molecule has 4 rings (SSSR count). The average Bonchev–Trinajstić information content (AvgIpc) is 3.21. The summed E-state index contributed by atoms with van der Waals surface area (Å²) in [7, 11) is 0. The number of piperidine rings is 1. The first-order valence-corrected chi connectivity index (χ1v) is 10.8. The van der Waals surface area contributed by atoms with Crippen LogP contribution in [0.3, 0.4) is 0 Å². The highest BCUT2D eigenvalue weighted by molar-refractivity contribution is 7.11. The lowest BCUT2D eigenvalue weighted by Crippen LogP contribution is -2.40. The summed E-state index contributed by atoms with van der Waals surface area (Å²) in [5, 5.41) is 9.73. The highest BCUT2D eigenvalue weighted by atomic mass is 32.1. The van der Waals surface area contributed by atoms with Crippen LogP contribution in [-0.4, -0.2) is 60.3 Å². The van der Waals surface area contributed by atoms with Crippen molar-refractivity contribution in [2.75, 3.05) is 39.4 Å². The fraction of sp³-hybridized carbons (Fsp3) is 0.750. The summed E-state index contributed by atoms with van der Waals surface area (Å²) in [6.07, 6.45) is 5.79. The Hall–Kier alpha value is -0.950. The molecule has 26 heavy (non-hydrogen) atoms. The second-order valence-corrected chi connectivity index (χ2v) is 9.49. The Bertz CT molecular complexity index is 620. The number of carboxylic acid groups (broad SMARTS) is 1. The van der Waals surface area contributed by atoms with Gasteiger partial charge in [-0.15, -0.1) is 11.3 Å². The second-order valence-electron chi connectivity index (χ2n) is 8.24. The Morgan fingerprint density at radius 1 is 1.12 bits per heavy atom. The van der Waals surface area contributed by atoms with Crippen molar-refractivity contribution in [3.63, 3.8) is 0 Å². The Morgan fingerprint density at radius 3 is 2.42 bits per heavy atom. The molecule has 6 heteroatoms. The summed E-state index contributed by atoms with van der Waals surface area (Å²) < 4.78 is 5.50. The lowest BCUT2D eigenvalue weighted by Gasteiger charge is -2.36. The van der Waals surface area contributed by atoms with Gasteiger partial charge in [-0.1, -0.05) is 6.42 Å². The van der Waals surface area contributed by atoms with Crippen LogP contribution in [0, 0.1) is 11.3 Å². The van der Waals surface area contributed by atoms with E-state index in [9.17, 15) is 9.90 Å². The number of carboxylic acids is 1. The van der Waals surface area contributed by atoms with E-state index in [0.717, 1.165) is 32.5 Å². The second kappa shape index (κ2) is 7.97. The van der Waals surface area contributed by atoms with E-state index < -0.39 is 5.97 Å². The molecule has 1 atom stereocenters. The first-order chi connectivity index (χ1) is 12.6. The SMILES string of the molecule is O=C(O)C1CN(Cc2ccc(CN3CCCCC3)s2)CC12CCOCC2. The van der Waals surface area contributed by atoms with E-state index in [1.165, 1.54) is 42.1 Å². The molecule has 5 nitrogen and oxygen atoms in total. The normalized spacial score (nSPS) is 27.2. The summed E-state index contributed by atoms with van der Waals surface area (Å²) >= 11 is 1.90.